The molecule has 1 aliphatic heterocycles. The van der Waals surface area contributed by atoms with E-state index in [0.29, 0.717) is 12.8 Å². The molecule has 0 radical (unpaired) electrons. The van der Waals surface area contributed by atoms with Gasteiger partial charge in [-0.1, -0.05) is 0 Å². The molecule has 1 amide bonds. The Bertz CT molecular complexity index is 282. The van der Waals surface area contributed by atoms with Gasteiger partial charge in [0, 0.05) is 13.5 Å². The zero-order valence-corrected chi connectivity index (χ0v) is 10.3. The summed E-state index contributed by atoms with van der Waals surface area (Å²) in [6.07, 6.45) is 0.145. The molecular weight excluding hydrogens is 210 g/mol. The smallest absolute Gasteiger partial charge is 0.412 e. The van der Waals surface area contributed by atoms with Gasteiger partial charge in [0.1, 0.15) is 11.8 Å². The van der Waals surface area contributed by atoms with E-state index in [1.807, 2.05) is 0 Å². The number of Topliss-reactive ketones (excluding diaryl/α,β-unsaturated/α-hetero) is 1. The summed E-state index contributed by atoms with van der Waals surface area (Å²) >= 11 is 0. The summed E-state index contributed by atoms with van der Waals surface area (Å²) in [7, 11) is 1.53. The van der Waals surface area contributed by atoms with Crippen molar-refractivity contribution >= 4 is 11.9 Å². The summed E-state index contributed by atoms with van der Waals surface area (Å²) in [6.45, 7) is 5.45. The van der Waals surface area contributed by atoms with Crippen LogP contribution in [-0.2, 0) is 14.3 Å². The minimum atomic E-state index is -0.560. The van der Waals surface area contributed by atoms with Crippen LogP contribution >= 0.6 is 0 Å². The number of rotatable bonds is 1. The summed E-state index contributed by atoms with van der Waals surface area (Å²) in [4.78, 5) is 24.4. The van der Waals surface area contributed by atoms with E-state index in [1.165, 1.54) is 12.0 Å². The molecule has 0 aromatic heterocycles. The zero-order valence-electron chi connectivity index (χ0n) is 10.3. The van der Waals surface area contributed by atoms with Crippen LogP contribution in [0.5, 0.6) is 0 Å². The molecule has 0 aliphatic carbocycles. The highest BCUT2D eigenvalue weighted by Crippen LogP contribution is 2.18. The molecule has 0 spiro atoms. The van der Waals surface area contributed by atoms with Gasteiger partial charge in [-0.05, 0) is 27.2 Å². The Balaban J connectivity index is 2.67. The van der Waals surface area contributed by atoms with Crippen LogP contribution in [0, 0.1) is 0 Å². The number of carbonyl (C=O) groups is 2. The minimum absolute atomic E-state index is 0.0409. The molecule has 5 heteroatoms. The predicted octanol–water partition coefficient (Wildman–Crippen LogP) is 1.56. The van der Waals surface area contributed by atoms with E-state index in [0.717, 1.165) is 0 Å². The van der Waals surface area contributed by atoms with Crippen LogP contribution in [0.15, 0.2) is 0 Å². The number of piperidine rings is 1. The molecule has 0 bridgehead atoms. The lowest BCUT2D eigenvalue weighted by Crippen LogP contribution is -2.49. The summed E-state index contributed by atoms with van der Waals surface area (Å²) in [5, 5.41) is 0. The van der Waals surface area contributed by atoms with Gasteiger partial charge in [-0.3, -0.25) is 9.69 Å². The Labute approximate surface area is 95.7 Å². The molecule has 1 heterocycles. The van der Waals surface area contributed by atoms with Crippen molar-refractivity contribution in [2.45, 2.75) is 45.4 Å². The Morgan fingerprint density at radius 2 is 2.06 bits per heavy atom. The van der Waals surface area contributed by atoms with E-state index in [1.54, 1.807) is 20.8 Å². The second-order valence-corrected chi connectivity index (χ2v) is 4.88. The predicted molar refractivity (Wildman–Crippen MR) is 58.0 cm³/mol. The molecule has 1 unspecified atom stereocenters. The van der Waals surface area contributed by atoms with Gasteiger partial charge in [-0.25, -0.2) is 4.79 Å². The van der Waals surface area contributed by atoms with Crippen LogP contribution in [0.2, 0.25) is 0 Å². The maximum atomic E-state index is 11.8. The molecule has 0 aromatic carbocycles. The SMILES string of the molecule is COC1CCC(=O)CN1C(=O)OC(C)(C)C. The molecule has 0 N–H and O–H groups in total. The lowest BCUT2D eigenvalue weighted by Gasteiger charge is -2.34. The molecule has 0 aromatic rings. The number of ether oxygens (including phenoxy) is 2. The summed E-state index contributed by atoms with van der Waals surface area (Å²) < 4.78 is 10.4. The van der Waals surface area contributed by atoms with E-state index in [-0.39, 0.29) is 18.6 Å². The monoisotopic (exact) mass is 229 g/mol. The Morgan fingerprint density at radius 1 is 1.44 bits per heavy atom. The third-order valence-corrected chi connectivity index (χ3v) is 2.26. The second-order valence-electron chi connectivity index (χ2n) is 4.88. The molecule has 1 fully saturated rings. The van der Waals surface area contributed by atoms with Gasteiger partial charge in [0.15, 0.2) is 5.78 Å². The van der Waals surface area contributed by atoms with Crippen LogP contribution in [0.25, 0.3) is 0 Å². The van der Waals surface area contributed by atoms with Crippen molar-refractivity contribution in [3.8, 4) is 0 Å². The lowest BCUT2D eigenvalue weighted by atomic mass is 10.1. The first-order valence-electron chi connectivity index (χ1n) is 5.37. The third-order valence-electron chi connectivity index (χ3n) is 2.26. The number of hydrogen-bond donors (Lipinski definition) is 0. The van der Waals surface area contributed by atoms with E-state index >= 15 is 0 Å². The molecule has 16 heavy (non-hydrogen) atoms. The van der Waals surface area contributed by atoms with E-state index in [9.17, 15) is 9.59 Å². The highest BCUT2D eigenvalue weighted by atomic mass is 16.6. The quantitative estimate of drug-likeness (QED) is 0.684. The van der Waals surface area contributed by atoms with Gasteiger partial charge < -0.3 is 9.47 Å². The van der Waals surface area contributed by atoms with Crippen molar-refractivity contribution in [2.75, 3.05) is 13.7 Å². The fraction of sp³-hybridized carbons (Fsp3) is 0.818. The maximum absolute atomic E-state index is 11.8. The highest BCUT2D eigenvalue weighted by Gasteiger charge is 2.33. The van der Waals surface area contributed by atoms with Gasteiger partial charge in [-0.2, -0.15) is 0 Å². The molecular formula is C11H19NO4. The van der Waals surface area contributed by atoms with Crippen molar-refractivity contribution in [1.82, 2.24) is 4.90 Å². The largest absolute Gasteiger partial charge is 0.444 e. The van der Waals surface area contributed by atoms with E-state index < -0.39 is 11.7 Å². The molecule has 1 rings (SSSR count). The van der Waals surface area contributed by atoms with E-state index in [2.05, 4.69) is 0 Å². The lowest BCUT2D eigenvalue weighted by molar-refractivity contribution is -0.131. The average Bonchev–Trinajstić information content (AvgIpc) is 2.15. The Hall–Kier alpha value is -1.10. The summed E-state index contributed by atoms with van der Waals surface area (Å²) in [5.41, 5.74) is -0.560. The fourth-order valence-electron chi connectivity index (χ4n) is 1.56. The molecule has 0 saturated carbocycles. The van der Waals surface area contributed by atoms with Crippen molar-refractivity contribution in [3.05, 3.63) is 0 Å². The molecule has 1 saturated heterocycles. The number of nitrogens with zero attached hydrogens (tertiary/aromatic N) is 1. The molecule has 1 aliphatic rings. The summed E-state index contributed by atoms with van der Waals surface area (Å²) in [5.74, 6) is 0.0409. The van der Waals surface area contributed by atoms with Crippen molar-refractivity contribution in [3.63, 3.8) is 0 Å². The zero-order chi connectivity index (χ0) is 12.3. The number of amides is 1. The van der Waals surface area contributed by atoms with Crippen LogP contribution < -0.4 is 0 Å². The second kappa shape index (κ2) is 4.82. The van der Waals surface area contributed by atoms with Gasteiger partial charge in [0.25, 0.3) is 0 Å². The first-order chi connectivity index (χ1) is 7.33. The van der Waals surface area contributed by atoms with Gasteiger partial charge >= 0.3 is 6.09 Å². The van der Waals surface area contributed by atoms with Crippen molar-refractivity contribution < 1.29 is 19.1 Å². The van der Waals surface area contributed by atoms with E-state index in [4.69, 9.17) is 9.47 Å². The number of carbonyl (C=O) groups excluding carboxylic acids is 2. The number of likely N-dealkylation sites (tertiary alicyclic amines) is 1. The molecule has 1 atom stereocenters. The molecule has 92 valence electrons. The number of hydrogen-bond acceptors (Lipinski definition) is 4. The maximum Gasteiger partial charge on any atom is 0.412 e. The number of methoxy groups -OCH3 is 1. The first kappa shape index (κ1) is 13.0. The normalized spacial score (nSPS) is 22.1. The van der Waals surface area contributed by atoms with Crippen LogP contribution in [0.1, 0.15) is 33.6 Å². The van der Waals surface area contributed by atoms with Crippen LogP contribution in [0.3, 0.4) is 0 Å². The molecule has 5 nitrogen and oxygen atoms in total. The van der Waals surface area contributed by atoms with Crippen LogP contribution in [-0.4, -0.2) is 42.3 Å². The topological polar surface area (TPSA) is 55.8 Å². The Morgan fingerprint density at radius 3 is 2.56 bits per heavy atom. The first-order valence-corrected chi connectivity index (χ1v) is 5.37. The highest BCUT2D eigenvalue weighted by molar-refractivity contribution is 5.85. The summed E-state index contributed by atoms with van der Waals surface area (Å²) in [6, 6.07) is 0. The number of ketones is 1. The fourth-order valence-corrected chi connectivity index (χ4v) is 1.56. The van der Waals surface area contributed by atoms with Gasteiger partial charge in [0.05, 0.1) is 6.54 Å². The average molecular weight is 229 g/mol. The van der Waals surface area contributed by atoms with Crippen LogP contribution in [0.4, 0.5) is 4.79 Å². The van der Waals surface area contributed by atoms with Crippen molar-refractivity contribution in [2.24, 2.45) is 0 Å². The van der Waals surface area contributed by atoms with Gasteiger partial charge in [-0.15, -0.1) is 0 Å². The van der Waals surface area contributed by atoms with Crippen molar-refractivity contribution in [1.29, 1.82) is 0 Å². The van der Waals surface area contributed by atoms with Gasteiger partial charge in [0.2, 0.25) is 0 Å². The third kappa shape index (κ3) is 3.48. The standard InChI is InChI=1S/C11H19NO4/c1-11(2,3)16-10(14)12-7-8(13)5-6-9(12)15-4/h9H,5-7H2,1-4H3. The minimum Gasteiger partial charge on any atom is -0.444 e. The Kier molecular flexibility index (Phi) is 3.91.